The van der Waals surface area contributed by atoms with Gasteiger partial charge in [-0.25, -0.2) is 14.2 Å². The van der Waals surface area contributed by atoms with Crippen LogP contribution in [0, 0.1) is 19.7 Å². The van der Waals surface area contributed by atoms with Crippen LogP contribution >= 0.6 is 0 Å². The Labute approximate surface area is 168 Å². The number of para-hydroxylation sites is 1. The van der Waals surface area contributed by atoms with E-state index in [4.69, 9.17) is 4.74 Å². The molecule has 0 N–H and O–H groups in total. The molecule has 1 heterocycles. The van der Waals surface area contributed by atoms with Crippen molar-refractivity contribution in [1.29, 1.82) is 0 Å². The number of carbonyl (C=O) groups is 1. The third-order valence-corrected chi connectivity index (χ3v) is 4.72. The van der Waals surface area contributed by atoms with E-state index in [1.54, 1.807) is 11.5 Å². The van der Waals surface area contributed by atoms with Gasteiger partial charge in [-0.2, -0.15) is 0 Å². The zero-order valence-electron chi connectivity index (χ0n) is 17.0. The van der Waals surface area contributed by atoms with E-state index in [0.717, 1.165) is 22.9 Å². The van der Waals surface area contributed by atoms with E-state index < -0.39 is 11.8 Å². The van der Waals surface area contributed by atoms with Crippen LogP contribution in [0.1, 0.15) is 36.4 Å². The highest BCUT2D eigenvalue weighted by atomic mass is 19.1. The van der Waals surface area contributed by atoms with E-state index >= 15 is 0 Å². The van der Waals surface area contributed by atoms with Crippen molar-refractivity contribution in [1.82, 2.24) is 9.55 Å². The zero-order valence-corrected chi connectivity index (χ0v) is 17.0. The van der Waals surface area contributed by atoms with Gasteiger partial charge in [0.25, 0.3) is 5.56 Å². The fourth-order valence-corrected chi connectivity index (χ4v) is 3.37. The van der Waals surface area contributed by atoms with Crippen molar-refractivity contribution in [3.63, 3.8) is 0 Å². The first-order valence-corrected chi connectivity index (χ1v) is 9.54. The third kappa shape index (κ3) is 3.97. The molecule has 3 aromatic rings. The smallest absolute Gasteiger partial charge is 0.330 e. The molecule has 0 spiro atoms. The van der Waals surface area contributed by atoms with Crippen molar-refractivity contribution in [2.75, 3.05) is 6.61 Å². The third-order valence-electron chi connectivity index (χ3n) is 4.72. The van der Waals surface area contributed by atoms with Crippen molar-refractivity contribution < 1.29 is 13.9 Å². The minimum atomic E-state index is -0.570. The van der Waals surface area contributed by atoms with Crippen LogP contribution in [0.2, 0.25) is 0 Å². The van der Waals surface area contributed by atoms with Crippen LogP contribution in [0.3, 0.4) is 0 Å². The van der Waals surface area contributed by atoms with E-state index in [0.29, 0.717) is 17.8 Å². The molecule has 0 bridgehead atoms. The van der Waals surface area contributed by atoms with Gasteiger partial charge in [-0.15, -0.1) is 0 Å². The highest BCUT2D eigenvalue weighted by molar-refractivity contribution is 5.89. The average Bonchev–Trinajstić information content (AvgIpc) is 2.68. The van der Waals surface area contributed by atoms with Crippen molar-refractivity contribution in [2.24, 2.45) is 0 Å². The Morgan fingerprint density at radius 2 is 1.90 bits per heavy atom. The van der Waals surface area contributed by atoms with Crippen LogP contribution in [-0.4, -0.2) is 22.1 Å². The van der Waals surface area contributed by atoms with Crippen LogP contribution < -0.4 is 5.56 Å². The van der Waals surface area contributed by atoms with Crippen LogP contribution in [0.4, 0.5) is 4.39 Å². The van der Waals surface area contributed by atoms with Gasteiger partial charge in [0.05, 0.1) is 23.2 Å². The van der Waals surface area contributed by atoms with Gasteiger partial charge in [-0.05, 0) is 44.0 Å². The summed E-state index contributed by atoms with van der Waals surface area (Å²) in [6.45, 7) is 7.71. The normalized spacial score (nSPS) is 11.3. The molecule has 0 unspecified atom stereocenters. The van der Waals surface area contributed by atoms with Gasteiger partial charge in [0, 0.05) is 24.1 Å². The number of esters is 1. The van der Waals surface area contributed by atoms with Gasteiger partial charge in [-0.3, -0.25) is 9.36 Å². The molecular weight excluding hydrogens is 371 g/mol. The Hall–Kier alpha value is -3.28. The summed E-state index contributed by atoms with van der Waals surface area (Å²) in [4.78, 5) is 29.5. The molecule has 0 aliphatic carbocycles. The quantitative estimate of drug-likeness (QED) is 0.479. The van der Waals surface area contributed by atoms with E-state index in [-0.39, 0.29) is 23.1 Å². The summed E-state index contributed by atoms with van der Waals surface area (Å²) in [6.07, 6.45) is 2.97. The predicted molar refractivity (Wildman–Crippen MR) is 112 cm³/mol. The summed E-state index contributed by atoms with van der Waals surface area (Å²) in [5.74, 6) is -0.565. The highest BCUT2D eigenvalue weighted by Gasteiger charge is 2.16. The summed E-state index contributed by atoms with van der Waals surface area (Å²) in [6, 6.07) is 8.48. The van der Waals surface area contributed by atoms with Gasteiger partial charge in [0.2, 0.25) is 0 Å². The molecule has 3 rings (SSSR count). The molecule has 150 valence electrons. The topological polar surface area (TPSA) is 61.2 Å². The second-order valence-electron chi connectivity index (χ2n) is 6.74. The zero-order chi connectivity index (χ0) is 21.1. The molecule has 2 aromatic carbocycles. The molecule has 0 aliphatic heterocycles. The van der Waals surface area contributed by atoms with E-state index in [1.807, 2.05) is 39.0 Å². The number of rotatable bonds is 5. The first-order valence-electron chi connectivity index (χ1n) is 9.54. The first kappa shape index (κ1) is 20.5. The molecule has 0 fully saturated rings. The van der Waals surface area contributed by atoms with Gasteiger partial charge in [0.1, 0.15) is 11.6 Å². The summed E-state index contributed by atoms with van der Waals surface area (Å²) in [7, 11) is 0. The molecule has 29 heavy (non-hydrogen) atoms. The Balaban J connectivity index is 2.27. The molecule has 0 aliphatic rings. The largest absolute Gasteiger partial charge is 0.463 e. The second-order valence-corrected chi connectivity index (χ2v) is 6.74. The van der Waals surface area contributed by atoms with Crippen LogP contribution in [0.5, 0.6) is 0 Å². The molecular formula is C23H23FN2O3. The molecule has 0 radical (unpaired) electrons. The Morgan fingerprint density at radius 1 is 1.21 bits per heavy atom. The monoisotopic (exact) mass is 394 g/mol. The van der Waals surface area contributed by atoms with Crippen molar-refractivity contribution in [3.05, 3.63) is 75.1 Å². The lowest BCUT2D eigenvalue weighted by atomic mass is 10.1. The number of halogens is 1. The maximum Gasteiger partial charge on any atom is 0.330 e. The van der Waals surface area contributed by atoms with Crippen LogP contribution in [0.15, 0.2) is 41.2 Å². The molecule has 0 amide bonds. The number of aryl methyl sites for hydroxylation is 3. The molecule has 0 saturated carbocycles. The molecule has 1 aromatic heterocycles. The van der Waals surface area contributed by atoms with E-state index in [9.17, 15) is 14.0 Å². The maximum atomic E-state index is 14.5. The Morgan fingerprint density at radius 3 is 2.52 bits per heavy atom. The number of hydrogen-bond acceptors (Lipinski definition) is 4. The van der Waals surface area contributed by atoms with Gasteiger partial charge >= 0.3 is 5.97 Å². The fourth-order valence-electron chi connectivity index (χ4n) is 3.37. The second kappa shape index (κ2) is 8.39. The number of hydrogen-bond donors (Lipinski definition) is 0. The lowest BCUT2D eigenvalue weighted by Crippen LogP contribution is -2.25. The molecule has 6 heteroatoms. The molecule has 0 atom stereocenters. The Bertz CT molecular complexity index is 1160. The standard InChI is InChI=1S/C23H23FN2O3/c1-5-20-25-19-13-18(24)16(10-11-21(27)29-6-2)12-17(19)23(28)26(20)22-14(3)8-7-9-15(22)4/h7-13H,5-6H2,1-4H3/b11-10+. The predicted octanol–water partition coefficient (Wildman–Crippen LogP) is 4.28. The van der Waals surface area contributed by atoms with Gasteiger partial charge < -0.3 is 4.74 Å². The van der Waals surface area contributed by atoms with E-state index in [1.165, 1.54) is 18.2 Å². The number of fused-ring (bicyclic) bond motifs is 1. The van der Waals surface area contributed by atoms with Crippen molar-refractivity contribution in [2.45, 2.75) is 34.1 Å². The summed E-state index contributed by atoms with van der Waals surface area (Å²) in [5, 5.41) is 0.287. The number of aromatic nitrogens is 2. The van der Waals surface area contributed by atoms with Crippen LogP contribution in [-0.2, 0) is 16.0 Å². The van der Waals surface area contributed by atoms with Crippen molar-refractivity contribution in [3.8, 4) is 5.69 Å². The van der Waals surface area contributed by atoms with Gasteiger partial charge in [0.15, 0.2) is 0 Å². The van der Waals surface area contributed by atoms with E-state index in [2.05, 4.69) is 4.98 Å². The Kier molecular flexibility index (Phi) is 5.92. The van der Waals surface area contributed by atoms with Gasteiger partial charge in [-0.1, -0.05) is 25.1 Å². The number of benzene rings is 2. The van der Waals surface area contributed by atoms with Crippen LogP contribution in [0.25, 0.3) is 22.7 Å². The fraction of sp³-hybridized carbons (Fsp3) is 0.261. The van der Waals surface area contributed by atoms with Crippen molar-refractivity contribution >= 4 is 22.9 Å². The first-order chi connectivity index (χ1) is 13.9. The SMILES string of the molecule is CCOC(=O)/C=C/c1cc2c(=O)n(-c3c(C)cccc3C)c(CC)nc2cc1F. The average molecular weight is 394 g/mol. The number of carbonyl (C=O) groups excluding carboxylic acids is 1. The molecule has 0 saturated heterocycles. The maximum absolute atomic E-state index is 14.5. The lowest BCUT2D eigenvalue weighted by Gasteiger charge is -2.17. The minimum Gasteiger partial charge on any atom is -0.463 e. The highest BCUT2D eigenvalue weighted by Crippen LogP contribution is 2.22. The molecule has 5 nitrogen and oxygen atoms in total. The lowest BCUT2D eigenvalue weighted by molar-refractivity contribution is -0.137. The number of nitrogens with zero attached hydrogens (tertiary/aromatic N) is 2. The number of ether oxygens (including phenoxy) is 1. The minimum absolute atomic E-state index is 0.127. The summed E-state index contributed by atoms with van der Waals surface area (Å²) >= 11 is 0. The summed E-state index contributed by atoms with van der Waals surface area (Å²) < 4.78 is 20.9. The summed E-state index contributed by atoms with van der Waals surface area (Å²) in [5.41, 5.74) is 2.84.